The van der Waals surface area contributed by atoms with Crippen LogP contribution in [0.25, 0.3) is 22.4 Å². The molecule has 3 N–H and O–H groups in total. The van der Waals surface area contributed by atoms with E-state index in [1.165, 1.54) is 19.3 Å². The monoisotopic (exact) mass is 462 g/mol. The maximum atomic E-state index is 13.0. The summed E-state index contributed by atoms with van der Waals surface area (Å²) in [6, 6.07) is 0.347. The second-order valence-electron chi connectivity index (χ2n) is 7.65. The van der Waals surface area contributed by atoms with Crippen LogP contribution in [0.3, 0.4) is 0 Å². The number of hydrogen-bond donors (Lipinski definition) is 3. The Bertz CT molecular complexity index is 1170. The van der Waals surface area contributed by atoms with Gasteiger partial charge in [-0.1, -0.05) is 0 Å². The number of nitrogens with zero attached hydrogens (tertiary/aromatic N) is 5. The number of amides is 2. The van der Waals surface area contributed by atoms with Crippen molar-refractivity contribution in [2.24, 2.45) is 0 Å². The van der Waals surface area contributed by atoms with Crippen LogP contribution in [0.2, 0.25) is 0 Å². The molecule has 174 valence electrons. The highest BCUT2D eigenvalue weighted by Crippen LogP contribution is 2.26. The second-order valence-corrected chi connectivity index (χ2v) is 7.65. The second kappa shape index (κ2) is 9.00. The van der Waals surface area contributed by atoms with Gasteiger partial charge in [0.15, 0.2) is 5.82 Å². The highest BCUT2D eigenvalue weighted by molar-refractivity contribution is 5.96. The van der Waals surface area contributed by atoms with Crippen molar-refractivity contribution >= 4 is 28.7 Å². The maximum absolute atomic E-state index is 13.0. The summed E-state index contributed by atoms with van der Waals surface area (Å²) < 4.78 is 37.3. The van der Waals surface area contributed by atoms with Crippen LogP contribution < -0.4 is 10.6 Å². The molecule has 10 nitrogen and oxygen atoms in total. The van der Waals surface area contributed by atoms with Gasteiger partial charge in [0.05, 0.1) is 0 Å². The summed E-state index contributed by atoms with van der Waals surface area (Å²) in [7, 11) is 0. The lowest BCUT2D eigenvalue weighted by Gasteiger charge is -2.18. The Morgan fingerprint density at radius 2 is 2.00 bits per heavy atom. The minimum Gasteiger partial charge on any atom is -0.358 e. The fourth-order valence-electron chi connectivity index (χ4n) is 3.51. The van der Waals surface area contributed by atoms with Gasteiger partial charge in [-0.05, 0) is 19.8 Å². The highest BCUT2D eigenvalue weighted by Gasteiger charge is 2.29. The van der Waals surface area contributed by atoms with Crippen molar-refractivity contribution in [1.29, 1.82) is 0 Å². The molecule has 2 amide bonds. The van der Waals surface area contributed by atoms with Crippen molar-refractivity contribution in [3.05, 3.63) is 30.5 Å². The van der Waals surface area contributed by atoms with Crippen LogP contribution in [0.4, 0.5) is 19.0 Å². The van der Waals surface area contributed by atoms with Gasteiger partial charge in [-0.25, -0.2) is 19.9 Å². The van der Waals surface area contributed by atoms with E-state index in [-0.39, 0.29) is 23.2 Å². The molecule has 0 saturated carbocycles. The molecule has 0 aliphatic carbocycles. The number of alkyl halides is 3. The largest absolute Gasteiger partial charge is 0.405 e. The Morgan fingerprint density at radius 1 is 1.24 bits per heavy atom. The number of aromatic nitrogens is 5. The minimum atomic E-state index is -4.52. The lowest BCUT2D eigenvalue weighted by Crippen LogP contribution is -2.42. The molecule has 1 fully saturated rings. The van der Waals surface area contributed by atoms with Crippen LogP contribution in [0.5, 0.6) is 0 Å². The van der Waals surface area contributed by atoms with Crippen molar-refractivity contribution in [3.63, 3.8) is 0 Å². The van der Waals surface area contributed by atoms with Crippen molar-refractivity contribution in [2.45, 2.75) is 32.0 Å². The van der Waals surface area contributed by atoms with Crippen LogP contribution >= 0.6 is 0 Å². The van der Waals surface area contributed by atoms with E-state index in [2.05, 4.69) is 30.2 Å². The molecular weight excluding hydrogens is 441 g/mol. The number of fused-ring (bicyclic) bond motifs is 1. The average Bonchev–Trinajstić information content (AvgIpc) is 3.46. The molecule has 1 saturated heterocycles. The SMILES string of the molecule is C[C@H](Nc1cc(C(=O)N2CCCC2)nc(-c2c[nH]c3ncncc23)n1)C(=O)NCC(F)(F)F. The first-order valence-corrected chi connectivity index (χ1v) is 10.3. The van der Waals surface area contributed by atoms with Crippen molar-refractivity contribution in [3.8, 4) is 11.4 Å². The molecule has 1 atom stereocenters. The van der Waals surface area contributed by atoms with Gasteiger partial charge in [0.25, 0.3) is 5.91 Å². The number of H-pyrrole nitrogens is 1. The number of hydrogen-bond acceptors (Lipinski definition) is 7. The Kier molecular flexibility index (Phi) is 6.11. The number of carbonyl (C=O) groups is 2. The zero-order valence-corrected chi connectivity index (χ0v) is 17.6. The first-order valence-electron chi connectivity index (χ1n) is 10.3. The number of rotatable bonds is 6. The number of aromatic amines is 1. The quantitative estimate of drug-likeness (QED) is 0.512. The first kappa shape index (κ1) is 22.4. The van der Waals surface area contributed by atoms with Crippen LogP contribution in [0.1, 0.15) is 30.3 Å². The number of halogens is 3. The Morgan fingerprint density at radius 3 is 2.73 bits per heavy atom. The van der Waals surface area contributed by atoms with E-state index in [0.29, 0.717) is 29.7 Å². The zero-order chi connectivity index (χ0) is 23.6. The lowest BCUT2D eigenvalue weighted by molar-refractivity contribution is -0.138. The van der Waals surface area contributed by atoms with Gasteiger partial charge in [0.1, 0.15) is 36.1 Å². The molecule has 0 radical (unpaired) electrons. The standard InChI is InChI=1S/C20H21F3N8O2/c1-11(18(32)26-9-20(21,22)23)28-15-6-14(19(33)31-4-2-3-5-31)29-17(30-15)13-8-25-16-12(13)7-24-10-27-16/h6-8,10-11H,2-5,9H2,1H3,(H,26,32)(H,24,25,27)(H,28,29,30)/t11-/m0/s1. The summed E-state index contributed by atoms with van der Waals surface area (Å²) in [5.41, 5.74) is 1.20. The lowest BCUT2D eigenvalue weighted by atomic mass is 10.2. The van der Waals surface area contributed by atoms with Crippen LogP contribution in [-0.2, 0) is 4.79 Å². The van der Waals surface area contributed by atoms with Gasteiger partial charge in [-0.15, -0.1) is 0 Å². The molecule has 33 heavy (non-hydrogen) atoms. The summed E-state index contributed by atoms with van der Waals surface area (Å²) in [5, 5.41) is 5.23. The van der Waals surface area contributed by atoms with E-state index >= 15 is 0 Å². The van der Waals surface area contributed by atoms with Gasteiger partial charge in [0.2, 0.25) is 5.91 Å². The Balaban J connectivity index is 1.66. The minimum absolute atomic E-state index is 0.110. The molecule has 0 aromatic carbocycles. The van der Waals surface area contributed by atoms with Gasteiger partial charge in [-0.2, -0.15) is 13.2 Å². The highest BCUT2D eigenvalue weighted by atomic mass is 19.4. The average molecular weight is 462 g/mol. The maximum Gasteiger partial charge on any atom is 0.405 e. The van der Waals surface area contributed by atoms with Crippen LogP contribution in [-0.4, -0.2) is 73.5 Å². The fourth-order valence-corrected chi connectivity index (χ4v) is 3.51. The molecule has 13 heteroatoms. The Labute approximate surface area is 186 Å². The summed E-state index contributed by atoms with van der Waals surface area (Å²) >= 11 is 0. The van der Waals surface area contributed by atoms with Gasteiger partial charge in [0, 0.05) is 42.5 Å². The third-order valence-corrected chi connectivity index (χ3v) is 5.16. The van der Waals surface area contributed by atoms with E-state index in [4.69, 9.17) is 0 Å². The van der Waals surface area contributed by atoms with Gasteiger partial charge in [-0.3, -0.25) is 9.59 Å². The summed E-state index contributed by atoms with van der Waals surface area (Å²) in [4.78, 5) is 46.7. The number of anilines is 1. The summed E-state index contributed by atoms with van der Waals surface area (Å²) in [5.74, 6) is -0.834. The zero-order valence-electron chi connectivity index (χ0n) is 17.6. The molecule has 0 spiro atoms. The molecule has 4 heterocycles. The molecular formula is C20H21F3N8O2. The van der Waals surface area contributed by atoms with Crippen molar-refractivity contribution < 1.29 is 22.8 Å². The predicted octanol–water partition coefficient (Wildman–Crippen LogP) is 2.13. The molecule has 0 unspecified atom stereocenters. The summed E-state index contributed by atoms with van der Waals surface area (Å²) in [6.07, 6.45) is 1.85. The Hall–Kier alpha value is -3.77. The van der Waals surface area contributed by atoms with Gasteiger partial charge < -0.3 is 20.5 Å². The van der Waals surface area contributed by atoms with Crippen molar-refractivity contribution in [2.75, 3.05) is 25.0 Å². The molecule has 1 aliphatic heterocycles. The molecule has 4 rings (SSSR count). The molecule has 0 bridgehead atoms. The third-order valence-electron chi connectivity index (χ3n) is 5.16. The third kappa shape index (κ3) is 5.18. The normalized spacial score (nSPS) is 15.0. The van der Waals surface area contributed by atoms with E-state index < -0.39 is 24.7 Å². The van der Waals surface area contributed by atoms with E-state index in [1.807, 2.05) is 5.32 Å². The topological polar surface area (TPSA) is 129 Å². The fraction of sp³-hybridized carbons (Fsp3) is 0.400. The van der Waals surface area contributed by atoms with E-state index in [1.54, 1.807) is 17.3 Å². The van der Waals surface area contributed by atoms with Crippen LogP contribution in [0.15, 0.2) is 24.8 Å². The van der Waals surface area contributed by atoms with E-state index in [0.717, 1.165) is 12.8 Å². The number of likely N-dealkylation sites (tertiary alicyclic amines) is 1. The molecule has 3 aromatic rings. The summed E-state index contributed by atoms with van der Waals surface area (Å²) in [6.45, 7) is 1.17. The smallest absolute Gasteiger partial charge is 0.358 e. The molecule has 3 aromatic heterocycles. The van der Waals surface area contributed by atoms with Crippen LogP contribution in [0, 0.1) is 0 Å². The number of nitrogens with one attached hydrogen (secondary N) is 3. The predicted molar refractivity (Wildman–Crippen MR) is 112 cm³/mol. The van der Waals surface area contributed by atoms with Gasteiger partial charge >= 0.3 is 6.18 Å². The first-order chi connectivity index (χ1) is 15.7. The number of carbonyl (C=O) groups excluding carboxylic acids is 2. The van der Waals surface area contributed by atoms with Crippen molar-refractivity contribution in [1.82, 2.24) is 35.1 Å². The molecule has 1 aliphatic rings. The van der Waals surface area contributed by atoms with E-state index in [9.17, 15) is 22.8 Å².